The Bertz CT molecular complexity index is 544. The highest BCUT2D eigenvalue weighted by Gasteiger charge is 2.29. The summed E-state index contributed by atoms with van der Waals surface area (Å²) in [5.41, 5.74) is 1.33. The predicted octanol–water partition coefficient (Wildman–Crippen LogP) is 4.53. The van der Waals surface area contributed by atoms with Gasteiger partial charge in [0.15, 0.2) is 0 Å². The van der Waals surface area contributed by atoms with E-state index in [0.717, 1.165) is 31.9 Å². The molecule has 3 nitrogen and oxygen atoms in total. The van der Waals surface area contributed by atoms with Gasteiger partial charge in [0.1, 0.15) is 5.76 Å². The standard InChI is InChI=1S/C22H34N2O/c1-5-8-14-23(4)15-12-21-17-19(18-24(21)7-3)10-9-11-22-20(6-2)13-16-25-22/h5-6,8-11,14,19,21H,1,7,12-13,15-18H2,2-4H3/b10-9+,14-8-,20-6-,22-11+. The van der Waals surface area contributed by atoms with E-state index < -0.39 is 0 Å². The summed E-state index contributed by atoms with van der Waals surface area (Å²) < 4.78 is 5.69. The highest BCUT2D eigenvalue weighted by Crippen LogP contribution is 2.27. The zero-order valence-corrected chi connectivity index (χ0v) is 16.2. The second kappa shape index (κ2) is 10.3. The van der Waals surface area contributed by atoms with Gasteiger partial charge in [-0.05, 0) is 56.2 Å². The Morgan fingerprint density at radius 1 is 1.36 bits per heavy atom. The van der Waals surface area contributed by atoms with Gasteiger partial charge in [0, 0.05) is 32.6 Å². The Morgan fingerprint density at radius 2 is 2.20 bits per heavy atom. The van der Waals surface area contributed by atoms with Crippen LogP contribution in [0.2, 0.25) is 0 Å². The molecule has 2 aliphatic rings. The average Bonchev–Trinajstić information content (AvgIpc) is 3.24. The van der Waals surface area contributed by atoms with E-state index in [1.807, 2.05) is 12.2 Å². The molecule has 2 fully saturated rings. The highest BCUT2D eigenvalue weighted by atomic mass is 16.5. The molecule has 0 saturated carbocycles. The van der Waals surface area contributed by atoms with Gasteiger partial charge in [-0.25, -0.2) is 0 Å². The minimum atomic E-state index is 0.645. The molecule has 2 rings (SSSR count). The van der Waals surface area contributed by atoms with Crippen LogP contribution in [0, 0.1) is 5.92 Å². The molecule has 2 saturated heterocycles. The Morgan fingerprint density at radius 3 is 2.92 bits per heavy atom. The molecule has 2 aliphatic heterocycles. The van der Waals surface area contributed by atoms with Crippen LogP contribution >= 0.6 is 0 Å². The lowest BCUT2D eigenvalue weighted by molar-refractivity contribution is 0.239. The van der Waals surface area contributed by atoms with Crippen molar-refractivity contribution in [1.29, 1.82) is 0 Å². The molecule has 0 radical (unpaired) electrons. The van der Waals surface area contributed by atoms with E-state index in [0.29, 0.717) is 12.0 Å². The SMILES string of the molecule is C=C/C=C\N(C)CCC1CC(/C=C/C=C2/OCC/C2=C/C)CN1CC. The minimum Gasteiger partial charge on any atom is -0.493 e. The van der Waals surface area contributed by atoms with Gasteiger partial charge in [0.25, 0.3) is 0 Å². The van der Waals surface area contributed by atoms with Crippen LogP contribution in [0.3, 0.4) is 0 Å². The van der Waals surface area contributed by atoms with Crippen molar-refractivity contribution in [2.24, 2.45) is 5.92 Å². The summed E-state index contributed by atoms with van der Waals surface area (Å²) in [5.74, 6) is 1.70. The average molecular weight is 343 g/mol. The number of likely N-dealkylation sites (tertiary alicyclic amines) is 1. The molecule has 25 heavy (non-hydrogen) atoms. The van der Waals surface area contributed by atoms with E-state index in [4.69, 9.17) is 4.74 Å². The van der Waals surface area contributed by atoms with Gasteiger partial charge in [-0.3, -0.25) is 4.90 Å². The molecule has 2 heterocycles. The molecule has 2 atom stereocenters. The van der Waals surface area contributed by atoms with Crippen molar-refractivity contribution in [3.05, 3.63) is 60.6 Å². The second-order valence-corrected chi connectivity index (χ2v) is 6.91. The highest BCUT2D eigenvalue weighted by molar-refractivity contribution is 5.31. The molecular formula is C22H34N2O. The largest absolute Gasteiger partial charge is 0.493 e. The monoisotopic (exact) mass is 342 g/mol. The van der Waals surface area contributed by atoms with E-state index in [2.05, 4.69) is 67.8 Å². The maximum Gasteiger partial charge on any atom is 0.122 e. The summed E-state index contributed by atoms with van der Waals surface area (Å²) in [4.78, 5) is 4.87. The van der Waals surface area contributed by atoms with Crippen molar-refractivity contribution in [2.75, 3.05) is 33.3 Å². The first kappa shape index (κ1) is 19.6. The Kier molecular flexibility index (Phi) is 8.07. The molecule has 0 aliphatic carbocycles. The van der Waals surface area contributed by atoms with Crippen LogP contribution in [0.15, 0.2) is 60.6 Å². The minimum absolute atomic E-state index is 0.645. The quantitative estimate of drug-likeness (QED) is 0.603. The van der Waals surface area contributed by atoms with Crippen molar-refractivity contribution in [1.82, 2.24) is 9.80 Å². The summed E-state index contributed by atoms with van der Waals surface area (Å²) in [6.45, 7) is 12.3. The Balaban J connectivity index is 1.85. The van der Waals surface area contributed by atoms with Crippen molar-refractivity contribution < 1.29 is 4.74 Å². The molecule has 2 unspecified atom stereocenters. The first-order valence-corrected chi connectivity index (χ1v) is 9.58. The molecule has 0 aromatic heterocycles. The van der Waals surface area contributed by atoms with E-state index >= 15 is 0 Å². The first-order chi connectivity index (χ1) is 12.2. The Hall–Kier alpha value is -1.74. The topological polar surface area (TPSA) is 15.7 Å². The van der Waals surface area contributed by atoms with Crippen LogP contribution in [0.25, 0.3) is 0 Å². The fraction of sp³-hybridized carbons (Fsp3) is 0.545. The van der Waals surface area contributed by atoms with Gasteiger partial charge in [0.05, 0.1) is 6.61 Å². The Labute approximate surface area is 154 Å². The molecule has 0 aromatic carbocycles. The van der Waals surface area contributed by atoms with Crippen LogP contribution in [-0.2, 0) is 4.74 Å². The lowest BCUT2D eigenvalue weighted by atomic mass is 10.0. The normalized spacial score (nSPS) is 27.8. The van der Waals surface area contributed by atoms with Crippen molar-refractivity contribution >= 4 is 0 Å². The zero-order chi connectivity index (χ0) is 18.1. The molecular weight excluding hydrogens is 308 g/mol. The maximum absolute atomic E-state index is 5.69. The zero-order valence-electron chi connectivity index (χ0n) is 16.2. The second-order valence-electron chi connectivity index (χ2n) is 6.91. The fourth-order valence-corrected chi connectivity index (χ4v) is 3.71. The smallest absolute Gasteiger partial charge is 0.122 e. The fourth-order valence-electron chi connectivity index (χ4n) is 3.71. The molecule has 0 aromatic rings. The maximum atomic E-state index is 5.69. The van der Waals surface area contributed by atoms with Crippen LogP contribution in [-0.4, -0.2) is 49.1 Å². The molecule has 0 bridgehead atoms. The number of ether oxygens (including phenoxy) is 1. The number of hydrogen-bond donors (Lipinski definition) is 0. The summed E-state index contributed by atoms with van der Waals surface area (Å²) in [5, 5.41) is 0. The summed E-state index contributed by atoms with van der Waals surface area (Å²) in [6.07, 6.45) is 18.3. The lowest BCUT2D eigenvalue weighted by Crippen LogP contribution is -2.31. The summed E-state index contributed by atoms with van der Waals surface area (Å²) in [7, 11) is 2.13. The van der Waals surface area contributed by atoms with Crippen LogP contribution in [0.1, 0.15) is 33.1 Å². The first-order valence-electron chi connectivity index (χ1n) is 9.58. The van der Waals surface area contributed by atoms with E-state index in [1.54, 1.807) is 0 Å². The third kappa shape index (κ3) is 5.93. The number of hydrogen-bond acceptors (Lipinski definition) is 3. The third-order valence-electron chi connectivity index (χ3n) is 5.18. The number of allylic oxidation sites excluding steroid dienone is 6. The molecule has 0 amide bonds. The molecule has 0 N–H and O–H groups in total. The van der Waals surface area contributed by atoms with Gasteiger partial charge < -0.3 is 9.64 Å². The predicted molar refractivity (Wildman–Crippen MR) is 107 cm³/mol. The van der Waals surface area contributed by atoms with Gasteiger partial charge >= 0.3 is 0 Å². The molecule has 3 heteroatoms. The van der Waals surface area contributed by atoms with Crippen molar-refractivity contribution in [3.63, 3.8) is 0 Å². The van der Waals surface area contributed by atoms with E-state index in [-0.39, 0.29) is 0 Å². The van der Waals surface area contributed by atoms with Crippen molar-refractivity contribution in [3.8, 4) is 0 Å². The van der Waals surface area contributed by atoms with Crippen molar-refractivity contribution in [2.45, 2.75) is 39.2 Å². The molecule has 0 spiro atoms. The lowest BCUT2D eigenvalue weighted by Gasteiger charge is -2.24. The van der Waals surface area contributed by atoms with Crippen LogP contribution < -0.4 is 0 Å². The van der Waals surface area contributed by atoms with Gasteiger partial charge in [-0.1, -0.05) is 37.8 Å². The van der Waals surface area contributed by atoms with Gasteiger partial charge in [-0.15, -0.1) is 0 Å². The van der Waals surface area contributed by atoms with E-state index in [9.17, 15) is 0 Å². The van der Waals surface area contributed by atoms with E-state index in [1.165, 1.54) is 25.0 Å². The van der Waals surface area contributed by atoms with Crippen LogP contribution in [0.4, 0.5) is 0 Å². The van der Waals surface area contributed by atoms with Gasteiger partial charge in [0.2, 0.25) is 0 Å². The number of nitrogens with zero attached hydrogens (tertiary/aromatic N) is 2. The number of rotatable bonds is 8. The van der Waals surface area contributed by atoms with Crippen LogP contribution in [0.5, 0.6) is 0 Å². The third-order valence-corrected chi connectivity index (χ3v) is 5.18. The summed E-state index contributed by atoms with van der Waals surface area (Å²) >= 11 is 0. The summed E-state index contributed by atoms with van der Waals surface area (Å²) in [6, 6.07) is 0.681. The molecule has 138 valence electrons. The van der Waals surface area contributed by atoms with Gasteiger partial charge in [-0.2, -0.15) is 0 Å².